The zero-order valence-electron chi connectivity index (χ0n) is 12.0. The zero-order chi connectivity index (χ0) is 15.4. The Hall–Kier alpha value is -2.45. The summed E-state index contributed by atoms with van der Waals surface area (Å²) in [7, 11) is 3.85. The summed E-state index contributed by atoms with van der Waals surface area (Å²) in [4.78, 5) is 12.5. The van der Waals surface area contributed by atoms with Gasteiger partial charge in [-0.05, 0) is 18.7 Å². The molecule has 0 aliphatic carbocycles. The molecule has 8 heteroatoms. The largest absolute Gasteiger partial charge is 0.318 e. The van der Waals surface area contributed by atoms with Crippen molar-refractivity contribution >= 4 is 11.4 Å². The zero-order valence-corrected chi connectivity index (χ0v) is 12.0. The molecule has 0 bridgehead atoms. The molecule has 8 nitrogen and oxygen atoms in total. The number of nitrogens with one attached hydrogen (secondary N) is 1. The molecule has 0 unspecified atom stereocenters. The van der Waals surface area contributed by atoms with Gasteiger partial charge < -0.3 is 5.43 Å². The molecule has 0 fully saturated rings. The van der Waals surface area contributed by atoms with Crippen LogP contribution in [0.25, 0.3) is 0 Å². The Bertz CT molecular complexity index is 639. The quantitative estimate of drug-likeness (QED) is 0.471. The molecule has 21 heavy (non-hydrogen) atoms. The Morgan fingerprint density at radius 2 is 2.14 bits per heavy atom. The van der Waals surface area contributed by atoms with Gasteiger partial charge in [0.05, 0.1) is 11.1 Å². The van der Waals surface area contributed by atoms with Gasteiger partial charge in [-0.3, -0.25) is 25.5 Å². The number of nitrogens with zero attached hydrogens (tertiary/aromatic N) is 4. The summed E-state index contributed by atoms with van der Waals surface area (Å²) in [5, 5.41) is 15.0. The summed E-state index contributed by atoms with van der Waals surface area (Å²) in [6.45, 7) is 1.40. The van der Waals surface area contributed by atoms with Crippen LogP contribution < -0.4 is 11.3 Å². The second-order valence-electron chi connectivity index (χ2n) is 4.95. The van der Waals surface area contributed by atoms with E-state index in [1.54, 1.807) is 16.8 Å². The van der Waals surface area contributed by atoms with Crippen LogP contribution in [0.5, 0.6) is 0 Å². The predicted octanol–water partition coefficient (Wildman–Crippen LogP) is 1.25. The molecule has 2 rings (SSSR count). The first-order chi connectivity index (χ1) is 9.99. The highest BCUT2D eigenvalue weighted by atomic mass is 16.6. The van der Waals surface area contributed by atoms with Gasteiger partial charge in [-0.2, -0.15) is 5.10 Å². The van der Waals surface area contributed by atoms with E-state index >= 15 is 0 Å². The Kier molecular flexibility index (Phi) is 4.51. The van der Waals surface area contributed by atoms with Gasteiger partial charge in [-0.25, -0.2) is 0 Å². The number of nitro benzene ring substituents is 1. The number of benzene rings is 1. The number of nitrogen functional groups attached to an aromatic ring is 1. The smallest absolute Gasteiger partial charge is 0.293 e. The molecular formula is C13H18N6O2. The highest BCUT2D eigenvalue weighted by Crippen LogP contribution is 2.25. The third-order valence-electron chi connectivity index (χ3n) is 3.08. The van der Waals surface area contributed by atoms with Crippen LogP contribution >= 0.6 is 0 Å². The van der Waals surface area contributed by atoms with E-state index in [1.165, 1.54) is 6.07 Å². The fourth-order valence-corrected chi connectivity index (χ4v) is 2.19. The average molecular weight is 290 g/mol. The molecule has 2 aromatic rings. The second-order valence-corrected chi connectivity index (χ2v) is 4.95. The number of hydrogen-bond donors (Lipinski definition) is 2. The molecular weight excluding hydrogens is 272 g/mol. The van der Waals surface area contributed by atoms with E-state index in [1.807, 2.05) is 26.5 Å². The minimum absolute atomic E-state index is 0.0313. The van der Waals surface area contributed by atoms with Gasteiger partial charge in [0.25, 0.3) is 5.69 Å². The van der Waals surface area contributed by atoms with Crippen molar-refractivity contribution in [1.82, 2.24) is 14.7 Å². The fraction of sp³-hybridized carbons (Fsp3) is 0.308. The van der Waals surface area contributed by atoms with Crippen molar-refractivity contribution in [3.63, 3.8) is 0 Å². The molecule has 112 valence electrons. The van der Waals surface area contributed by atoms with Crippen molar-refractivity contribution in [2.24, 2.45) is 12.9 Å². The SMILES string of the molecule is CN(Cc1ccc([N+](=O)[O-])c(NN)c1)Cc1cnn(C)c1. The highest BCUT2D eigenvalue weighted by molar-refractivity contribution is 5.62. The van der Waals surface area contributed by atoms with Gasteiger partial charge in [0.1, 0.15) is 5.69 Å². The monoisotopic (exact) mass is 290 g/mol. The van der Waals surface area contributed by atoms with E-state index in [4.69, 9.17) is 5.84 Å². The maximum atomic E-state index is 10.8. The number of hydrazine groups is 1. The Labute approximate surface area is 122 Å². The van der Waals surface area contributed by atoms with Crippen molar-refractivity contribution in [3.8, 4) is 0 Å². The van der Waals surface area contributed by atoms with E-state index in [-0.39, 0.29) is 5.69 Å². The lowest BCUT2D eigenvalue weighted by Crippen LogP contribution is -2.17. The number of aryl methyl sites for hydroxylation is 1. The van der Waals surface area contributed by atoms with Crippen LogP contribution in [0.4, 0.5) is 11.4 Å². The molecule has 1 heterocycles. The van der Waals surface area contributed by atoms with Crippen molar-refractivity contribution in [2.45, 2.75) is 13.1 Å². The highest BCUT2D eigenvalue weighted by Gasteiger charge is 2.14. The number of nitro groups is 1. The third kappa shape index (κ3) is 3.77. The molecule has 3 N–H and O–H groups in total. The normalized spacial score (nSPS) is 10.9. The summed E-state index contributed by atoms with van der Waals surface area (Å²) in [6.07, 6.45) is 3.78. The van der Waals surface area contributed by atoms with Gasteiger partial charge in [-0.15, -0.1) is 0 Å². The summed E-state index contributed by atoms with van der Waals surface area (Å²) < 4.78 is 1.76. The molecule has 0 aliphatic rings. The van der Waals surface area contributed by atoms with E-state index in [0.29, 0.717) is 12.2 Å². The summed E-state index contributed by atoms with van der Waals surface area (Å²) in [6, 6.07) is 4.89. The van der Waals surface area contributed by atoms with E-state index in [0.717, 1.165) is 17.7 Å². The van der Waals surface area contributed by atoms with Crippen LogP contribution in [0.2, 0.25) is 0 Å². The molecule has 0 saturated carbocycles. The molecule has 0 radical (unpaired) electrons. The molecule has 0 spiro atoms. The standard InChI is InChI=1S/C13H18N6O2/c1-17(8-11-6-15-18(2)9-11)7-10-3-4-13(19(20)21)12(5-10)16-14/h3-6,9,16H,7-8,14H2,1-2H3. The summed E-state index contributed by atoms with van der Waals surface area (Å²) >= 11 is 0. The topological polar surface area (TPSA) is 102 Å². The van der Waals surface area contributed by atoms with Gasteiger partial charge >= 0.3 is 0 Å². The number of aromatic nitrogens is 2. The number of anilines is 1. The molecule has 1 aromatic carbocycles. The maximum Gasteiger partial charge on any atom is 0.293 e. The first-order valence-corrected chi connectivity index (χ1v) is 6.39. The molecule has 1 aromatic heterocycles. The number of hydrogen-bond acceptors (Lipinski definition) is 6. The number of rotatable bonds is 6. The minimum atomic E-state index is -0.460. The molecule has 0 atom stereocenters. The van der Waals surface area contributed by atoms with Gasteiger partial charge in [0.2, 0.25) is 0 Å². The van der Waals surface area contributed by atoms with E-state index < -0.39 is 4.92 Å². The summed E-state index contributed by atoms with van der Waals surface area (Å²) in [5.74, 6) is 5.34. The van der Waals surface area contributed by atoms with E-state index in [2.05, 4.69) is 15.4 Å². The van der Waals surface area contributed by atoms with Crippen LogP contribution in [0.3, 0.4) is 0 Å². The third-order valence-corrected chi connectivity index (χ3v) is 3.08. The van der Waals surface area contributed by atoms with Gasteiger partial charge in [-0.1, -0.05) is 6.07 Å². The first kappa shape index (κ1) is 14.9. The maximum absolute atomic E-state index is 10.8. The van der Waals surface area contributed by atoms with Crippen LogP contribution in [0, 0.1) is 10.1 Å². The van der Waals surface area contributed by atoms with Crippen LogP contribution in [-0.4, -0.2) is 26.7 Å². The predicted molar refractivity (Wildman–Crippen MR) is 79.3 cm³/mol. The van der Waals surface area contributed by atoms with Crippen molar-refractivity contribution in [2.75, 3.05) is 12.5 Å². The molecule has 0 saturated heterocycles. The molecule has 0 amide bonds. The van der Waals surface area contributed by atoms with Crippen molar-refractivity contribution in [1.29, 1.82) is 0 Å². The van der Waals surface area contributed by atoms with Crippen LogP contribution in [0.15, 0.2) is 30.6 Å². The summed E-state index contributed by atoms with van der Waals surface area (Å²) in [5.41, 5.74) is 4.71. The average Bonchev–Trinajstić information content (AvgIpc) is 2.83. The Morgan fingerprint density at radius 3 is 2.71 bits per heavy atom. The lowest BCUT2D eigenvalue weighted by atomic mass is 10.1. The Balaban J connectivity index is 2.06. The number of nitrogens with two attached hydrogens (primary N) is 1. The van der Waals surface area contributed by atoms with Crippen molar-refractivity contribution in [3.05, 3.63) is 51.8 Å². The van der Waals surface area contributed by atoms with Gasteiger partial charge in [0.15, 0.2) is 0 Å². The first-order valence-electron chi connectivity index (χ1n) is 6.39. The lowest BCUT2D eigenvalue weighted by Gasteiger charge is -2.16. The minimum Gasteiger partial charge on any atom is -0.318 e. The Morgan fingerprint density at radius 1 is 1.43 bits per heavy atom. The second kappa shape index (κ2) is 6.33. The molecule has 0 aliphatic heterocycles. The van der Waals surface area contributed by atoms with E-state index in [9.17, 15) is 10.1 Å². The van der Waals surface area contributed by atoms with Gasteiger partial charge in [0, 0.05) is 38.0 Å². The van der Waals surface area contributed by atoms with Crippen LogP contribution in [0.1, 0.15) is 11.1 Å². The lowest BCUT2D eigenvalue weighted by molar-refractivity contribution is -0.384. The fourth-order valence-electron chi connectivity index (χ4n) is 2.19. The van der Waals surface area contributed by atoms with Crippen LogP contribution in [-0.2, 0) is 20.1 Å². The van der Waals surface area contributed by atoms with Crippen molar-refractivity contribution < 1.29 is 4.92 Å².